The van der Waals surface area contributed by atoms with E-state index >= 15 is 0 Å². The lowest BCUT2D eigenvalue weighted by Crippen LogP contribution is -2.50. The molecule has 3 amide bonds. The average molecular weight is 381 g/mol. The molecule has 3 rings (SSSR count). The van der Waals surface area contributed by atoms with Gasteiger partial charge >= 0.3 is 0 Å². The van der Waals surface area contributed by atoms with Gasteiger partial charge in [-0.2, -0.15) is 0 Å². The summed E-state index contributed by atoms with van der Waals surface area (Å²) in [6.45, 7) is 5.81. The number of rotatable bonds is 5. The summed E-state index contributed by atoms with van der Waals surface area (Å²) < 4.78 is 5.65. The second kappa shape index (κ2) is 8.12. The molecule has 1 aliphatic heterocycles. The first kappa shape index (κ1) is 19.4. The summed E-state index contributed by atoms with van der Waals surface area (Å²) in [5, 5.41) is 4.09. The minimum Gasteiger partial charge on any atom is -0.491 e. The molecule has 2 aromatic carbocycles. The average Bonchev–Trinajstić information content (AvgIpc) is 2.65. The second-order valence-corrected chi connectivity index (χ2v) is 6.91. The van der Waals surface area contributed by atoms with Crippen LogP contribution in [-0.2, 0) is 9.59 Å². The van der Waals surface area contributed by atoms with Gasteiger partial charge in [-0.1, -0.05) is 0 Å². The van der Waals surface area contributed by atoms with Crippen molar-refractivity contribution in [2.75, 3.05) is 10.3 Å². The van der Waals surface area contributed by atoms with E-state index in [4.69, 9.17) is 4.74 Å². The van der Waals surface area contributed by atoms with E-state index in [1.807, 2.05) is 32.9 Å². The highest BCUT2D eigenvalue weighted by molar-refractivity contribution is 6.05. The van der Waals surface area contributed by atoms with Crippen LogP contribution in [0.5, 0.6) is 5.75 Å². The van der Waals surface area contributed by atoms with Crippen LogP contribution in [0.4, 0.5) is 11.4 Å². The zero-order chi connectivity index (χ0) is 20.3. The highest BCUT2D eigenvalue weighted by atomic mass is 16.5. The molecular weight excluding hydrogens is 358 g/mol. The Morgan fingerprint density at radius 3 is 2.46 bits per heavy atom. The molecule has 0 bridgehead atoms. The van der Waals surface area contributed by atoms with E-state index in [9.17, 15) is 14.4 Å². The number of hydrogen-bond donors (Lipinski definition) is 2. The van der Waals surface area contributed by atoms with Gasteiger partial charge in [-0.25, -0.2) is 5.01 Å². The van der Waals surface area contributed by atoms with Crippen LogP contribution in [0.15, 0.2) is 42.5 Å². The van der Waals surface area contributed by atoms with E-state index < -0.39 is 0 Å². The fraction of sp³-hybridized carbons (Fsp3) is 0.286. The predicted molar refractivity (Wildman–Crippen MR) is 106 cm³/mol. The van der Waals surface area contributed by atoms with E-state index in [2.05, 4.69) is 10.7 Å². The van der Waals surface area contributed by atoms with E-state index in [0.29, 0.717) is 16.9 Å². The van der Waals surface area contributed by atoms with E-state index in [-0.39, 0.29) is 36.7 Å². The minimum atomic E-state index is -0.263. The lowest BCUT2D eigenvalue weighted by molar-refractivity contribution is -0.130. The summed E-state index contributed by atoms with van der Waals surface area (Å²) in [4.78, 5) is 36.0. The first-order valence-electron chi connectivity index (χ1n) is 9.14. The molecule has 0 spiro atoms. The molecule has 7 heteroatoms. The third-order valence-corrected chi connectivity index (χ3v) is 4.26. The summed E-state index contributed by atoms with van der Waals surface area (Å²) in [5.41, 5.74) is 5.08. The zero-order valence-electron chi connectivity index (χ0n) is 16.1. The second-order valence-electron chi connectivity index (χ2n) is 6.91. The van der Waals surface area contributed by atoms with Gasteiger partial charge in [0.05, 0.1) is 11.8 Å². The Balaban J connectivity index is 1.70. The molecule has 0 aliphatic carbocycles. The van der Waals surface area contributed by atoms with Gasteiger partial charge in [0.1, 0.15) is 5.75 Å². The number of anilines is 2. The molecule has 2 N–H and O–H groups in total. The summed E-state index contributed by atoms with van der Waals surface area (Å²) in [6.07, 6.45) is 0.440. The van der Waals surface area contributed by atoms with Gasteiger partial charge < -0.3 is 10.1 Å². The third kappa shape index (κ3) is 4.49. The quantitative estimate of drug-likeness (QED) is 0.833. The van der Waals surface area contributed by atoms with Crippen LogP contribution in [0.2, 0.25) is 0 Å². The van der Waals surface area contributed by atoms with Crippen LogP contribution in [-0.4, -0.2) is 23.8 Å². The molecule has 0 atom stereocenters. The summed E-state index contributed by atoms with van der Waals surface area (Å²) in [6, 6.07) is 12.0. The fourth-order valence-electron chi connectivity index (χ4n) is 2.86. The number of amides is 3. The number of aryl methyl sites for hydroxylation is 1. The number of carbonyl (C=O) groups is 3. The number of nitrogens with one attached hydrogen (secondary N) is 2. The topological polar surface area (TPSA) is 87.7 Å². The molecule has 0 aromatic heterocycles. The number of benzene rings is 2. The Labute approximate surface area is 163 Å². The van der Waals surface area contributed by atoms with Crippen molar-refractivity contribution in [2.45, 2.75) is 39.7 Å². The maximum Gasteiger partial charge on any atom is 0.255 e. The van der Waals surface area contributed by atoms with Gasteiger partial charge in [0.25, 0.3) is 5.91 Å². The Kier molecular flexibility index (Phi) is 5.63. The van der Waals surface area contributed by atoms with Gasteiger partial charge in [-0.3, -0.25) is 19.8 Å². The molecule has 146 valence electrons. The summed E-state index contributed by atoms with van der Waals surface area (Å²) in [7, 11) is 0. The number of hydrogen-bond acceptors (Lipinski definition) is 4. The van der Waals surface area contributed by atoms with Gasteiger partial charge in [-0.05, 0) is 68.8 Å². The summed E-state index contributed by atoms with van der Waals surface area (Å²) >= 11 is 0. The highest BCUT2D eigenvalue weighted by Crippen LogP contribution is 2.23. The molecule has 7 nitrogen and oxygen atoms in total. The minimum absolute atomic E-state index is 0.0786. The van der Waals surface area contributed by atoms with Gasteiger partial charge in [0.15, 0.2) is 0 Å². The summed E-state index contributed by atoms with van der Waals surface area (Å²) in [5.74, 6) is 0.0993. The third-order valence-electron chi connectivity index (χ3n) is 4.26. The maximum atomic E-state index is 12.5. The van der Waals surface area contributed by atoms with Crippen LogP contribution in [0.1, 0.15) is 42.6 Å². The standard InChI is InChI=1S/C21H23N3O4/c1-13(2)28-17-8-9-18(14(3)12-17)22-21(27)15-4-6-16(7-5-15)24-20(26)11-10-19(25)23-24/h4-9,12-13H,10-11H2,1-3H3,(H,22,27)(H,23,25). The van der Waals surface area contributed by atoms with Crippen LogP contribution in [0.3, 0.4) is 0 Å². The molecule has 0 unspecified atom stereocenters. The van der Waals surface area contributed by atoms with Crippen LogP contribution in [0, 0.1) is 6.92 Å². The molecule has 1 saturated heterocycles. The van der Waals surface area contributed by atoms with E-state index in [0.717, 1.165) is 11.3 Å². The van der Waals surface area contributed by atoms with Crippen molar-refractivity contribution in [2.24, 2.45) is 0 Å². The Hall–Kier alpha value is -3.35. The van der Waals surface area contributed by atoms with Gasteiger partial charge in [0, 0.05) is 24.1 Å². The molecule has 1 fully saturated rings. The number of nitrogens with zero attached hydrogens (tertiary/aromatic N) is 1. The van der Waals surface area contributed by atoms with Crippen molar-refractivity contribution in [3.05, 3.63) is 53.6 Å². The number of carbonyl (C=O) groups excluding carboxylic acids is 3. The first-order chi connectivity index (χ1) is 13.3. The Morgan fingerprint density at radius 1 is 1.11 bits per heavy atom. The van der Waals surface area contributed by atoms with Crippen molar-refractivity contribution in [3.63, 3.8) is 0 Å². The van der Waals surface area contributed by atoms with E-state index in [1.165, 1.54) is 5.01 Å². The molecule has 28 heavy (non-hydrogen) atoms. The normalized spacial score (nSPS) is 14.1. The smallest absolute Gasteiger partial charge is 0.255 e. The number of ether oxygens (including phenoxy) is 1. The molecule has 2 aromatic rings. The molecule has 0 radical (unpaired) electrons. The van der Waals surface area contributed by atoms with Crippen LogP contribution >= 0.6 is 0 Å². The lowest BCUT2D eigenvalue weighted by atomic mass is 10.1. The van der Waals surface area contributed by atoms with Crippen molar-refractivity contribution >= 4 is 29.1 Å². The SMILES string of the molecule is Cc1cc(OC(C)C)ccc1NC(=O)c1ccc(N2NC(=O)CCC2=O)cc1. The van der Waals surface area contributed by atoms with Crippen molar-refractivity contribution in [1.29, 1.82) is 0 Å². The molecular formula is C21H23N3O4. The monoisotopic (exact) mass is 381 g/mol. The highest BCUT2D eigenvalue weighted by Gasteiger charge is 2.24. The Morgan fingerprint density at radius 2 is 1.82 bits per heavy atom. The van der Waals surface area contributed by atoms with Crippen molar-refractivity contribution in [3.8, 4) is 5.75 Å². The predicted octanol–water partition coefficient (Wildman–Crippen LogP) is 3.19. The Bertz CT molecular complexity index is 906. The van der Waals surface area contributed by atoms with Crippen LogP contribution in [0.25, 0.3) is 0 Å². The molecule has 1 aliphatic rings. The molecule has 1 heterocycles. The lowest BCUT2D eigenvalue weighted by Gasteiger charge is -2.27. The van der Waals surface area contributed by atoms with Crippen LogP contribution < -0.4 is 20.5 Å². The first-order valence-corrected chi connectivity index (χ1v) is 9.14. The largest absolute Gasteiger partial charge is 0.491 e. The van der Waals surface area contributed by atoms with E-state index in [1.54, 1.807) is 30.3 Å². The molecule has 0 saturated carbocycles. The number of hydrazine groups is 1. The van der Waals surface area contributed by atoms with Gasteiger partial charge in [0.2, 0.25) is 11.8 Å². The zero-order valence-corrected chi connectivity index (χ0v) is 16.1. The fourth-order valence-corrected chi connectivity index (χ4v) is 2.86. The van der Waals surface area contributed by atoms with Crippen molar-refractivity contribution in [1.82, 2.24) is 5.43 Å². The van der Waals surface area contributed by atoms with Crippen molar-refractivity contribution < 1.29 is 19.1 Å². The van der Waals surface area contributed by atoms with Gasteiger partial charge in [-0.15, -0.1) is 0 Å². The maximum absolute atomic E-state index is 12.5.